The van der Waals surface area contributed by atoms with E-state index in [-0.39, 0.29) is 15.9 Å². The van der Waals surface area contributed by atoms with Gasteiger partial charge < -0.3 is 0 Å². The predicted molar refractivity (Wildman–Crippen MR) is 123 cm³/mol. The average Bonchev–Trinajstić information content (AvgIpc) is 2.73. The molecule has 9 heteroatoms. The molecule has 174 valence electrons. The summed E-state index contributed by atoms with van der Waals surface area (Å²) in [6, 6.07) is 13.7. The van der Waals surface area contributed by atoms with Crippen LogP contribution in [-0.2, 0) is 22.6 Å². The van der Waals surface area contributed by atoms with Crippen LogP contribution in [0, 0.1) is 11.2 Å². The van der Waals surface area contributed by atoms with Crippen molar-refractivity contribution in [3.8, 4) is 11.1 Å². The molecule has 4 rings (SSSR count). The molecule has 0 unspecified atom stereocenters. The molecule has 0 atom stereocenters. The van der Waals surface area contributed by atoms with Gasteiger partial charge in [0, 0.05) is 6.54 Å². The third-order valence-electron chi connectivity index (χ3n) is 5.61. The molecule has 0 saturated carbocycles. The third kappa shape index (κ3) is 4.66. The van der Waals surface area contributed by atoms with E-state index < -0.39 is 33.0 Å². The molecule has 0 N–H and O–H groups in total. The largest absolute Gasteiger partial charge is 0.416 e. The van der Waals surface area contributed by atoms with Gasteiger partial charge in [-0.3, -0.25) is 4.31 Å². The van der Waals surface area contributed by atoms with Crippen molar-refractivity contribution in [2.75, 3.05) is 10.8 Å². The molecule has 0 aliphatic carbocycles. The van der Waals surface area contributed by atoms with Gasteiger partial charge in [0.05, 0.1) is 20.6 Å². The first-order valence-electron chi connectivity index (χ1n) is 10.1. The topological polar surface area (TPSA) is 37.4 Å². The number of halogens is 5. The summed E-state index contributed by atoms with van der Waals surface area (Å²) >= 11 is 3.04. The van der Waals surface area contributed by atoms with Crippen molar-refractivity contribution >= 4 is 31.6 Å². The van der Waals surface area contributed by atoms with E-state index in [1.54, 1.807) is 12.1 Å². The lowest BCUT2D eigenvalue weighted by atomic mass is 9.81. The fraction of sp³-hybridized carbons (Fsp3) is 0.250. The summed E-state index contributed by atoms with van der Waals surface area (Å²) in [5, 5.41) is 0. The maximum Gasteiger partial charge on any atom is 0.416 e. The van der Waals surface area contributed by atoms with E-state index >= 15 is 0 Å². The zero-order chi connectivity index (χ0) is 24.2. The molecule has 3 nitrogen and oxygen atoms in total. The van der Waals surface area contributed by atoms with Gasteiger partial charge in [0.1, 0.15) is 5.82 Å². The van der Waals surface area contributed by atoms with Crippen LogP contribution in [0.4, 0.5) is 23.2 Å². The van der Waals surface area contributed by atoms with Crippen LogP contribution in [0.25, 0.3) is 11.1 Å². The standard InChI is InChI=1S/C24H20BrF4NO2S/c1-23(2)13-17-11-16(15-3-6-18(7-4-15)24(27,28)29)5-10-22(17)30(14-23)33(31,32)19-8-9-20(25)21(26)12-19/h3-12H,13-14H2,1-2H3. The van der Waals surface area contributed by atoms with Crippen LogP contribution in [0.3, 0.4) is 0 Å². The molecule has 3 aromatic rings. The fourth-order valence-corrected chi connectivity index (χ4v) is 5.98. The summed E-state index contributed by atoms with van der Waals surface area (Å²) in [5.74, 6) is -0.676. The number of hydrogen-bond donors (Lipinski definition) is 0. The van der Waals surface area contributed by atoms with Crippen LogP contribution < -0.4 is 4.31 Å². The van der Waals surface area contributed by atoms with E-state index in [9.17, 15) is 26.0 Å². The summed E-state index contributed by atoms with van der Waals surface area (Å²) in [7, 11) is -4.04. The van der Waals surface area contributed by atoms with Crippen LogP contribution in [0.5, 0.6) is 0 Å². The van der Waals surface area contributed by atoms with E-state index in [1.807, 2.05) is 19.9 Å². The Morgan fingerprint density at radius 1 is 0.939 bits per heavy atom. The van der Waals surface area contributed by atoms with Crippen LogP contribution in [0.2, 0.25) is 0 Å². The first-order chi connectivity index (χ1) is 15.3. The Labute approximate surface area is 198 Å². The molecule has 1 aliphatic heterocycles. The van der Waals surface area contributed by atoms with E-state index in [2.05, 4.69) is 15.9 Å². The zero-order valence-electron chi connectivity index (χ0n) is 17.7. The van der Waals surface area contributed by atoms with E-state index in [1.165, 1.54) is 28.6 Å². The molecule has 33 heavy (non-hydrogen) atoms. The second-order valence-electron chi connectivity index (χ2n) is 8.85. The Bertz CT molecular complexity index is 1320. The average molecular weight is 542 g/mol. The predicted octanol–water partition coefficient (Wildman–Crippen LogP) is 7.05. The van der Waals surface area contributed by atoms with Crippen LogP contribution in [0.1, 0.15) is 25.0 Å². The highest BCUT2D eigenvalue weighted by Gasteiger charge is 2.37. The van der Waals surface area contributed by atoms with Crippen LogP contribution in [0.15, 0.2) is 70.0 Å². The van der Waals surface area contributed by atoms with Gasteiger partial charge in [0.2, 0.25) is 0 Å². The molecule has 1 aliphatic rings. The summed E-state index contributed by atoms with van der Waals surface area (Å²) in [6.07, 6.45) is -3.84. The minimum atomic E-state index is -4.42. The highest BCUT2D eigenvalue weighted by atomic mass is 79.9. The van der Waals surface area contributed by atoms with E-state index in [0.29, 0.717) is 23.2 Å². The van der Waals surface area contributed by atoms with Gasteiger partial charge in [-0.15, -0.1) is 0 Å². The van der Waals surface area contributed by atoms with Gasteiger partial charge in [-0.1, -0.05) is 32.0 Å². The molecule has 0 saturated heterocycles. The Hall–Kier alpha value is -2.39. The van der Waals surface area contributed by atoms with Crippen molar-refractivity contribution < 1.29 is 26.0 Å². The number of benzene rings is 3. The second-order valence-corrected chi connectivity index (χ2v) is 11.6. The minimum absolute atomic E-state index is 0.154. The van der Waals surface area contributed by atoms with Crippen molar-refractivity contribution in [2.45, 2.75) is 31.3 Å². The Kier molecular flexibility index (Phi) is 5.85. The van der Waals surface area contributed by atoms with Gasteiger partial charge in [-0.05, 0) is 86.9 Å². The van der Waals surface area contributed by atoms with Gasteiger partial charge in [-0.25, -0.2) is 12.8 Å². The molecule has 0 fully saturated rings. The maximum absolute atomic E-state index is 14.1. The number of fused-ring (bicyclic) bond motifs is 1. The highest BCUT2D eigenvalue weighted by molar-refractivity contribution is 9.10. The van der Waals surface area contributed by atoms with E-state index in [4.69, 9.17) is 0 Å². The van der Waals surface area contributed by atoms with Crippen LogP contribution in [-0.4, -0.2) is 15.0 Å². The quantitative estimate of drug-likeness (QED) is 0.333. The number of sulfonamides is 1. The molecule has 0 radical (unpaired) electrons. The number of alkyl halides is 3. The SMILES string of the molecule is CC1(C)Cc2cc(-c3ccc(C(F)(F)F)cc3)ccc2N(S(=O)(=O)c2ccc(Br)c(F)c2)C1. The fourth-order valence-electron chi connectivity index (χ4n) is 4.03. The first kappa shape index (κ1) is 23.8. The monoisotopic (exact) mass is 541 g/mol. The molecular weight excluding hydrogens is 522 g/mol. The summed E-state index contributed by atoms with van der Waals surface area (Å²) in [6.45, 7) is 4.08. The Morgan fingerprint density at radius 2 is 1.58 bits per heavy atom. The summed E-state index contributed by atoms with van der Waals surface area (Å²) < 4.78 is 81.0. The second kappa shape index (κ2) is 8.13. The van der Waals surface area contributed by atoms with Gasteiger partial charge >= 0.3 is 6.18 Å². The first-order valence-corrected chi connectivity index (χ1v) is 12.3. The molecular formula is C24H20BrF4NO2S. The molecule has 1 heterocycles. The highest BCUT2D eigenvalue weighted by Crippen LogP contribution is 2.41. The smallest absolute Gasteiger partial charge is 0.266 e. The van der Waals surface area contributed by atoms with Crippen molar-refractivity contribution in [1.82, 2.24) is 0 Å². The van der Waals surface area contributed by atoms with Crippen molar-refractivity contribution in [3.05, 3.63) is 82.1 Å². The lowest BCUT2D eigenvalue weighted by molar-refractivity contribution is -0.137. The summed E-state index contributed by atoms with van der Waals surface area (Å²) in [4.78, 5) is -0.154. The summed E-state index contributed by atoms with van der Waals surface area (Å²) in [5.41, 5.74) is 1.38. The Balaban J connectivity index is 1.77. The van der Waals surface area contributed by atoms with E-state index in [0.717, 1.165) is 23.8 Å². The van der Waals surface area contributed by atoms with Crippen molar-refractivity contribution in [2.24, 2.45) is 5.41 Å². The third-order valence-corrected chi connectivity index (χ3v) is 8.01. The Morgan fingerprint density at radius 3 is 2.18 bits per heavy atom. The normalized spacial score (nSPS) is 15.9. The lowest BCUT2D eigenvalue weighted by Gasteiger charge is -2.40. The number of anilines is 1. The number of hydrogen-bond acceptors (Lipinski definition) is 2. The number of rotatable bonds is 3. The molecule has 0 bridgehead atoms. The zero-order valence-corrected chi connectivity index (χ0v) is 20.2. The molecule has 0 amide bonds. The minimum Gasteiger partial charge on any atom is -0.266 e. The van der Waals surface area contributed by atoms with Crippen molar-refractivity contribution in [3.63, 3.8) is 0 Å². The van der Waals surface area contributed by atoms with Gasteiger partial charge in [-0.2, -0.15) is 13.2 Å². The number of nitrogens with zero attached hydrogens (tertiary/aromatic N) is 1. The maximum atomic E-state index is 14.1. The van der Waals surface area contributed by atoms with Crippen molar-refractivity contribution in [1.29, 1.82) is 0 Å². The van der Waals surface area contributed by atoms with Gasteiger partial charge in [0.15, 0.2) is 0 Å². The molecule has 3 aromatic carbocycles. The lowest BCUT2D eigenvalue weighted by Crippen LogP contribution is -2.44. The molecule has 0 spiro atoms. The molecule has 0 aromatic heterocycles. The van der Waals surface area contributed by atoms with Gasteiger partial charge in [0.25, 0.3) is 10.0 Å². The van der Waals surface area contributed by atoms with Crippen LogP contribution >= 0.6 is 15.9 Å².